The fraction of sp³-hybridized carbons (Fsp3) is 0.500. The molecule has 0 aromatic heterocycles. The third kappa shape index (κ3) is 11.8. The fourth-order valence-corrected chi connectivity index (χ4v) is 2.32. The summed E-state index contributed by atoms with van der Waals surface area (Å²) in [6, 6.07) is 0. The first kappa shape index (κ1) is 16.8. The van der Waals surface area contributed by atoms with Crippen molar-refractivity contribution in [3.05, 3.63) is 60.8 Å². The van der Waals surface area contributed by atoms with Gasteiger partial charge in [-0.15, -0.1) is 0 Å². The first-order chi connectivity index (χ1) is 10.0. The van der Waals surface area contributed by atoms with E-state index in [0.29, 0.717) is 0 Å². The molecule has 0 saturated carbocycles. The highest BCUT2D eigenvalue weighted by atomic mass is 14.0. The second-order valence-corrected chi connectivity index (χ2v) is 5.42. The molecule has 0 fully saturated rings. The molecule has 1 aliphatic rings. The van der Waals surface area contributed by atoms with E-state index in [9.17, 15) is 0 Å². The van der Waals surface area contributed by atoms with Crippen LogP contribution in [0, 0.1) is 0 Å². The normalized spacial score (nSPS) is 26.4. The first-order valence-electron chi connectivity index (χ1n) is 8.32. The van der Waals surface area contributed by atoms with E-state index in [1.165, 1.54) is 64.2 Å². The third-order valence-corrected chi connectivity index (χ3v) is 3.54. The van der Waals surface area contributed by atoms with Crippen LogP contribution < -0.4 is 0 Å². The standard InChI is InChI=1S/C20H30/c1-2-4-6-8-10-12-14-16-18-20-19-17-15-13-11-9-7-5-3-1/h1-10H,11-20H2/b2-1-,5-3+,6-4+,9-7+,10-8?. The largest absolute Gasteiger partial charge is 0.0845 e. The molecule has 0 bridgehead atoms. The van der Waals surface area contributed by atoms with Crippen LogP contribution in [0.3, 0.4) is 0 Å². The minimum Gasteiger partial charge on any atom is -0.0845 e. The first-order valence-corrected chi connectivity index (χ1v) is 8.32. The number of allylic oxidation sites excluding steroid dienone is 10. The van der Waals surface area contributed by atoms with Crippen molar-refractivity contribution >= 4 is 0 Å². The van der Waals surface area contributed by atoms with Crippen molar-refractivity contribution in [3.63, 3.8) is 0 Å². The van der Waals surface area contributed by atoms with E-state index in [4.69, 9.17) is 0 Å². The topological polar surface area (TPSA) is 0 Å². The van der Waals surface area contributed by atoms with Crippen LogP contribution in [0.25, 0.3) is 0 Å². The smallest absolute Gasteiger partial charge is 0.0348 e. The Kier molecular flexibility index (Phi) is 11.8. The van der Waals surface area contributed by atoms with Crippen LogP contribution in [-0.4, -0.2) is 0 Å². The average Bonchev–Trinajstić information content (AvgIpc) is 2.46. The van der Waals surface area contributed by atoms with Gasteiger partial charge in [0.15, 0.2) is 0 Å². The van der Waals surface area contributed by atoms with Gasteiger partial charge in [-0.3, -0.25) is 0 Å². The summed E-state index contributed by atoms with van der Waals surface area (Å²) in [6.45, 7) is 0. The highest BCUT2D eigenvalue weighted by Gasteiger charge is 1.91. The van der Waals surface area contributed by atoms with E-state index in [1.54, 1.807) is 0 Å². The van der Waals surface area contributed by atoms with Crippen LogP contribution in [0.1, 0.15) is 64.2 Å². The Morgan fingerprint density at radius 3 is 1.00 bits per heavy atom. The van der Waals surface area contributed by atoms with Crippen LogP contribution in [0.2, 0.25) is 0 Å². The van der Waals surface area contributed by atoms with Crippen molar-refractivity contribution in [3.8, 4) is 0 Å². The zero-order valence-corrected chi connectivity index (χ0v) is 12.8. The molecule has 0 heteroatoms. The molecular formula is C20H30. The number of rotatable bonds is 0. The Morgan fingerprint density at radius 2 is 0.600 bits per heavy atom. The lowest BCUT2D eigenvalue weighted by Gasteiger charge is -2.00. The van der Waals surface area contributed by atoms with Crippen LogP contribution in [0.15, 0.2) is 60.8 Å². The molecule has 0 aliphatic heterocycles. The van der Waals surface area contributed by atoms with Gasteiger partial charge in [0, 0.05) is 0 Å². The summed E-state index contributed by atoms with van der Waals surface area (Å²) in [5.41, 5.74) is 0. The molecule has 0 radical (unpaired) electrons. The van der Waals surface area contributed by atoms with E-state index >= 15 is 0 Å². The van der Waals surface area contributed by atoms with Crippen molar-refractivity contribution in [1.29, 1.82) is 0 Å². The van der Waals surface area contributed by atoms with Crippen LogP contribution >= 0.6 is 0 Å². The molecule has 0 nitrogen and oxygen atoms in total. The van der Waals surface area contributed by atoms with Crippen molar-refractivity contribution in [2.24, 2.45) is 0 Å². The summed E-state index contributed by atoms with van der Waals surface area (Å²) in [6.07, 6.45) is 35.0. The Morgan fingerprint density at radius 1 is 0.300 bits per heavy atom. The predicted octanol–water partition coefficient (Wildman–Crippen LogP) is 6.68. The molecule has 0 spiro atoms. The molecule has 0 aromatic rings. The highest BCUT2D eigenvalue weighted by molar-refractivity contribution is 5.17. The molecule has 0 heterocycles. The Balaban J connectivity index is 2.31. The summed E-state index contributed by atoms with van der Waals surface area (Å²) >= 11 is 0. The summed E-state index contributed by atoms with van der Waals surface area (Å²) in [5.74, 6) is 0. The van der Waals surface area contributed by atoms with Gasteiger partial charge in [0.2, 0.25) is 0 Å². The molecular weight excluding hydrogens is 240 g/mol. The predicted molar refractivity (Wildman–Crippen MR) is 91.9 cm³/mol. The van der Waals surface area contributed by atoms with E-state index in [2.05, 4.69) is 60.8 Å². The highest BCUT2D eigenvalue weighted by Crippen LogP contribution is 2.11. The van der Waals surface area contributed by atoms with Gasteiger partial charge in [0.25, 0.3) is 0 Å². The molecule has 20 heavy (non-hydrogen) atoms. The zero-order chi connectivity index (χ0) is 14.1. The van der Waals surface area contributed by atoms with Crippen LogP contribution in [-0.2, 0) is 0 Å². The second-order valence-electron chi connectivity index (χ2n) is 5.42. The number of hydrogen-bond acceptors (Lipinski definition) is 0. The molecule has 1 aliphatic carbocycles. The zero-order valence-electron chi connectivity index (χ0n) is 12.8. The van der Waals surface area contributed by atoms with Crippen LogP contribution in [0.5, 0.6) is 0 Å². The van der Waals surface area contributed by atoms with E-state index < -0.39 is 0 Å². The summed E-state index contributed by atoms with van der Waals surface area (Å²) in [7, 11) is 0. The maximum absolute atomic E-state index is 2.28. The molecule has 0 N–H and O–H groups in total. The van der Waals surface area contributed by atoms with Crippen LogP contribution in [0.4, 0.5) is 0 Å². The monoisotopic (exact) mass is 270 g/mol. The third-order valence-electron chi connectivity index (χ3n) is 3.54. The maximum atomic E-state index is 2.28. The lowest BCUT2D eigenvalue weighted by molar-refractivity contribution is 0.571. The maximum Gasteiger partial charge on any atom is -0.0348 e. The fourth-order valence-electron chi connectivity index (χ4n) is 2.32. The summed E-state index contributed by atoms with van der Waals surface area (Å²) in [5, 5.41) is 0. The van der Waals surface area contributed by atoms with E-state index in [0.717, 1.165) is 0 Å². The summed E-state index contributed by atoms with van der Waals surface area (Å²) in [4.78, 5) is 0. The van der Waals surface area contributed by atoms with E-state index in [1.807, 2.05) is 0 Å². The van der Waals surface area contributed by atoms with Gasteiger partial charge in [-0.2, -0.15) is 0 Å². The van der Waals surface area contributed by atoms with Crippen molar-refractivity contribution in [2.45, 2.75) is 64.2 Å². The van der Waals surface area contributed by atoms with Gasteiger partial charge in [-0.25, -0.2) is 0 Å². The average molecular weight is 270 g/mol. The number of hydrogen-bond donors (Lipinski definition) is 0. The van der Waals surface area contributed by atoms with Gasteiger partial charge in [0.1, 0.15) is 0 Å². The molecule has 110 valence electrons. The van der Waals surface area contributed by atoms with Gasteiger partial charge >= 0.3 is 0 Å². The lowest BCUT2D eigenvalue weighted by Crippen LogP contribution is -1.81. The lowest BCUT2D eigenvalue weighted by atomic mass is 10.1. The van der Waals surface area contributed by atoms with Gasteiger partial charge in [0.05, 0.1) is 0 Å². The van der Waals surface area contributed by atoms with E-state index in [-0.39, 0.29) is 0 Å². The Labute approximate surface area is 125 Å². The minimum absolute atomic E-state index is 1.22. The van der Waals surface area contributed by atoms with Gasteiger partial charge in [-0.05, 0) is 25.7 Å². The Bertz CT molecular complexity index is 305. The molecule has 0 unspecified atom stereocenters. The quantitative estimate of drug-likeness (QED) is 0.460. The van der Waals surface area contributed by atoms with Crippen molar-refractivity contribution < 1.29 is 0 Å². The van der Waals surface area contributed by atoms with Gasteiger partial charge in [-0.1, -0.05) is 99.3 Å². The minimum atomic E-state index is 1.22. The molecule has 0 amide bonds. The molecule has 0 saturated heterocycles. The van der Waals surface area contributed by atoms with Crippen molar-refractivity contribution in [2.75, 3.05) is 0 Å². The summed E-state index contributed by atoms with van der Waals surface area (Å²) < 4.78 is 0. The van der Waals surface area contributed by atoms with Gasteiger partial charge < -0.3 is 0 Å². The van der Waals surface area contributed by atoms with Crippen molar-refractivity contribution in [1.82, 2.24) is 0 Å². The SMILES string of the molecule is C1=CCCCCCCCCCC/C=C/C=C/C=C\C=C\1. The molecule has 0 atom stereocenters. The Hall–Kier alpha value is -1.30. The molecule has 0 aromatic carbocycles. The second kappa shape index (κ2) is 14.1. The molecule has 1 rings (SSSR count).